The smallest absolute Gasteiger partial charge is 0.338 e. The monoisotopic (exact) mass is 493 g/mol. The molecule has 0 aromatic rings. The normalized spacial score (nSPS) is 43.2. The Balaban J connectivity index is 1.45. The van der Waals surface area contributed by atoms with Crippen LogP contribution in [0.25, 0.3) is 0 Å². The van der Waals surface area contributed by atoms with Gasteiger partial charge in [-0.05, 0) is 77.6 Å². The van der Waals surface area contributed by atoms with Crippen LogP contribution in [-0.2, 0) is 28.2 Å². The highest BCUT2D eigenvalue weighted by Gasteiger charge is 2.81. The molecule has 9 atom stereocenters. The highest BCUT2D eigenvalue weighted by Crippen LogP contribution is 2.70. The maximum Gasteiger partial charge on any atom is 0.338 e. The molecule has 34 heavy (non-hydrogen) atoms. The Morgan fingerprint density at radius 3 is 2.68 bits per heavy atom. The van der Waals surface area contributed by atoms with E-state index in [1.165, 1.54) is 0 Å². The SMILES string of the molecule is COCCCCC12C3CC4C([C@H](C)CC5OC(=O)C(C)=C5OC)C(O[Si](C)(C)C)(O3)C1CCN42. The van der Waals surface area contributed by atoms with Gasteiger partial charge in [-0.1, -0.05) is 6.92 Å². The third-order valence-electron chi connectivity index (χ3n) is 9.18. The number of piperidine rings is 1. The number of rotatable bonds is 11. The fraction of sp³-hybridized carbons (Fsp3) is 0.885. The summed E-state index contributed by atoms with van der Waals surface area (Å²) >= 11 is 0. The Kier molecular flexibility index (Phi) is 6.24. The second-order valence-electron chi connectivity index (χ2n) is 12.1. The van der Waals surface area contributed by atoms with Crippen LogP contribution < -0.4 is 0 Å². The van der Waals surface area contributed by atoms with Crippen LogP contribution in [0.2, 0.25) is 19.6 Å². The third-order valence-corrected chi connectivity index (χ3v) is 10.1. The molecule has 5 bridgehead atoms. The maximum atomic E-state index is 12.2. The minimum absolute atomic E-state index is 0.113. The number of esters is 1. The van der Waals surface area contributed by atoms with Crippen LogP contribution >= 0.6 is 0 Å². The molecule has 7 nitrogen and oxygen atoms in total. The fourth-order valence-corrected chi connectivity index (χ4v) is 9.66. The lowest BCUT2D eigenvalue weighted by Gasteiger charge is -2.55. The van der Waals surface area contributed by atoms with E-state index < -0.39 is 14.1 Å². The van der Waals surface area contributed by atoms with Crippen LogP contribution in [-0.4, -0.2) is 76.1 Å². The van der Waals surface area contributed by atoms with E-state index in [4.69, 9.17) is 23.4 Å². The molecule has 0 aromatic heterocycles. The molecule has 5 heterocycles. The van der Waals surface area contributed by atoms with Crippen molar-refractivity contribution < 1.29 is 28.2 Å². The fourth-order valence-electron chi connectivity index (χ4n) is 8.37. The zero-order valence-electron chi connectivity index (χ0n) is 22.0. The molecule has 192 valence electrons. The van der Waals surface area contributed by atoms with E-state index >= 15 is 0 Å². The molecular weight excluding hydrogens is 450 g/mol. The first-order valence-corrected chi connectivity index (χ1v) is 16.6. The van der Waals surface area contributed by atoms with Crippen molar-refractivity contribution >= 4 is 14.3 Å². The van der Waals surface area contributed by atoms with Crippen molar-refractivity contribution in [3.8, 4) is 0 Å². The summed E-state index contributed by atoms with van der Waals surface area (Å²) in [5, 5.41) is 0. The first-order valence-electron chi connectivity index (χ1n) is 13.2. The Morgan fingerprint density at radius 1 is 1.24 bits per heavy atom. The van der Waals surface area contributed by atoms with E-state index in [1.54, 1.807) is 21.1 Å². The summed E-state index contributed by atoms with van der Waals surface area (Å²) < 4.78 is 30.9. The second-order valence-corrected chi connectivity index (χ2v) is 16.6. The molecule has 8 heteroatoms. The summed E-state index contributed by atoms with van der Waals surface area (Å²) in [6, 6.07) is 0.458. The number of carbonyl (C=O) groups is 1. The molecule has 8 unspecified atom stereocenters. The molecular formula is C26H43NO6Si. The summed E-state index contributed by atoms with van der Waals surface area (Å²) in [7, 11) is 1.53. The summed E-state index contributed by atoms with van der Waals surface area (Å²) in [5.41, 5.74) is 0.707. The molecule has 0 aliphatic carbocycles. The van der Waals surface area contributed by atoms with Crippen LogP contribution in [0.4, 0.5) is 0 Å². The number of hydrogen-bond acceptors (Lipinski definition) is 7. The number of unbranched alkanes of at least 4 members (excludes halogenated alkanes) is 1. The molecule has 0 aromatic carbocycles. The summed E-state index contributed by atoms with van der Waals surface area (Å²) in [6.45, 7) is 12.9. The molecule has 0 N–H and O–H groups in total. The first-order chi connectivity index (χ1) is 16.1. The van der Waals surface area contributed by atoms with E-state index in [0.717, 1.165) is 51.7 Å². The molecule has 0 saturated carbocycles. The first kappa shape index (κ1) is 24.7. The van der Waals surface area contributed by atoms with Crippen molar-refractivity contribution in [3.05, 3.63) is 11.3 Å². The van der Waals surface area contributed by atoms with Crippen molar-refractivity contribution in [1.29, 1.82) is 0 Å². The van der Waals surface area contributed by atoms with Crippen LogP contribution in [0.15, 0.2) is 11.3 Å². The van der Waals surface area contributed by atoms with Crippen LogP contribution in [0.5, 0.6) is 0 Å². The molecule has 5 aliphatic heterocycles. The number of ether oxygens (including phenoxy) is 4. The number of hydrogen-bond donors (Lipinski definition) is 0. The molecule has 0 radical (unpaired) electrons. The zero-order chi connectivity index (χ0) is 24.5. The van der Waals surface area contributed by atoms with Crippen molar-refractivity contribution in [2.24, 2.45) is 17.8 Å². The highest BCUT2D eigenvalue weighted by atomic mass is 28.4. The Hall–Kier alpha value is -0.933. The van der Waals surface area contributed by atoms with Crippen LogP contribution in [0.1, 0.15) is 52.4 Å². The predicted molar refractivity (Wildman–Crippen MR) is 131 cm³/mol. The van der Waals surface area contributed by atoms with Crippen LogP contribution in [0, 0.1) is 17.8 Å². The average molecular weight is 494 g/mol. The van der Waals surface area contributed by atoms with Gasteiger partial charge in [0, 0.05) is 31.6 Å². The summed E-state index contributed by atoms with van der Waals surface area (Å²) in [5.74, 6) is 0.822. The third kappa shape index (κ3) is 3.46. The standard InChI is InChI=1S/C26H43NO6Si/c1-16(14-19-23(30-4)17(2)24(28)31-19)22-18-15-21-25(11-8-9-13-29-3)20(10-12-27(18)25)26(22,32-21)33-34(5,6)7/h16,18-22H,8-15H2,1-7H3/t16-,18?,19?,20?,21?,22?,25?,26?/m1/s1. The minimum atomic E-state index is -1.89. The minimum Gasteiger partial charge on any atom is -0.497 e. The van der Waals surface area contributed by atoms with Gasteiger partial charge in [-0.25, -0.2) is 4.79 Å². The maximum absolute atomic E-state index is 12.2. The lowest BCUT2D eigenvalue weighted by molar-refractivity contribution is -0.272. The van der Waals surface area contributed by atoms with Crippen molar-refractivity contribution in [3.63, 3.8) is 0 Å². The van der Waals surface area contributed by atoms with Crippen molar-refractivity contribution in [2.45, 2.75) is 102 Å². The van der Waals surface area contributed by atoms with Gasteiger partial charge in [-0.3, -0.25) is 4.90 Å². The van der Waals surface area contributed by atoms with Crippen molar-refractivity contribution in [2.75, 3.05) is 27.4 Å². The van der Waals surface area contributed by atoms with E-state index in [9.17, 15) is 4.79 Å². The summed E-state index contributed by atoms with van der Waals surface area (Å²) in [6.07, 6.45) is 6.33. The topological polar surface area (TPSA) is 66.5 Å². The van der Waals surface area contributed by atoms with Crippen LogP contribution in [0.3, 0.4) is 0 Å². The average Bonchev–Trinajstić information content (AvgIpc) is 3.37. The van der Waals surface area contributed by atoms with Gasteiger partial charge in [0.25, 0.3) is 0 Å². The highest BCUT2D eigenvalue weighted by molar-refractivity contribution is 6.69. The number of cyclic esters (lactones) is 1. The predicted octanol–water partition coefficient (Wildman–Crippen LogP) is 4.08. The van der Waals surface area contributed by atoms with Gasteiger partial charge in [-0.2, -0.15) is 0 Å². The largest absolute Gasteiger partial charge is 0.497 e. The molecule has 5 aliphatic rings. The molecule has 0 spiro atoms. The Bertz CT molecular complexity index is 857. The zero-order valence-corrected chi connectivity index (χ0v) is 23.0. The van der Waals surface area contributed by atoms with Crippen molar-refractivity contribution in [1.82, 2.24) is 4.90 Å². The van der Waals surface area contributed by atoms with Gasteiger partial charge in [-0.15, -0.1) is 0 Å². The second kappa shape index (κ2) is 8.58. The lowest BCUT2D eigenvalue weighted by Crippen LogP contribution is -2.66. The lowest BCUT2D eigenvalue weighted by atomic mass is 9.67. The van der Waals surface area contributed by atoms with Gasteiger partial charge in [0.15, 0.2) is 20.2 Å². The molecule has 5 rings (SSSR count). The molecule has 4 fully saturated rings. The molecule has 4 saturated heterocycles. The number of methoxy groups -OCH3 is 2. The number of nitrogens with zero attached hydrogens (tertiary/aromatic N) is 1. The Labute approximate surface area is 205 Å². The van der Waals surface area contributed by atoms with Gasteiger partial charge < -0.3 is 23.4 Å². The van der Waals surface area contributed by atoms with Gasteiger partial charge in [0.2, 0.25) is 0 Å². The van der Waals surface area contributed by atoms with Gasteiger partial charge in [0.05, 0.1) is 24.3 Å². The quantitative estimate of drug-likeness (QED) is 0.244. The van der Waals surface area contributed by atoms with E-state index in [2.05, 4.69) is 31.5 Å². The van der Waals surface area contributed by atoms with E-state index in [0.29, 0.717) is 23.3 Å². The summed E-state index contributed by atoms with van der Waals surface area (Å²) in [4.78, 5) is 15.1. The van der Waals surface area contributed by atoms with Gasteiger partial charge >= 0.3 is 5.97 Å². The Morgan fingerprint density at radius 2 is 2.00 bits per heavy atom. The van der Waals surface area contributed by atoms with E-state index in [1.807, 2.05) is 0 Å². The number of carbonyl (C=O) groups excluding carboxylic acids is 1. The van der Waals surface area contributed by atoms with E-state index in [-0.39, 0.29) is 35.6 Å². The van der Waals surface area contributed by atoms with Gasteiger partial charge in [0.1, 0.15) is 5.76 Å². The molecule has 0 amide bonds.